The molecule has 2 atom stereocenters. The Labute approximate surface area is 128 Å². The highest BCUT2D eigenvalue weighted by atomic mass is 35.5. The van der Waals surface area contributed by atoms with Crippen molar-refractivity contribution in [2.45, 2.75) is 18.6 Å². The van der Waals surface area contributed by atoms with Gasteiger partial charge >= 0.3 is 0 Å². The van der Waals surface area contributed by atoms with Crippen molar-refractivity contribution in [3.05, 3.63) is 52.5 Å². The van der Waals surface area contributed by atoms with E-state index in [-0.39, 0.29) is 17.9 Å². The van der Waals surface area contributed by atoms with Gasteiger partial charge in [0.2, 0.25) is 0 Å². The van der Waals surface area contributed by atoms with E-state index >= 15 is 0 Å². The highest BCUT2D eigenvalue weighted by Gasteiger charge is 2.27. The standard InChI is InChI=1S/C16H16ClNO3/c1-20-10-3-5-15-11(7-10)13(18)8-16(21-15)9-2-4-14(19)12(17)6-9/h2-7,13,16,19H,8,18H2,1H3. The van der Waals surface area contributed by atoms with Crippen LogP contribution >= 0.6 is 11.6 Å². The summed E-state index contributed by atoms with van der Waals surface area (Å²) in [6, 6.07) is 10.5. The molecule has 2 unspecified atom stereocenters. The molecule has 4 nitrogen and oxygen atoms in total. The number of hydrogen-bond acceptors (Lipinski definition) is 4. The van der Waals surface area contributed by atoms with Crippen LogP contribution < -0.4 is 15.2 Å². The van der Waals surface area contributed by atoms with Gasteiger partial charge in [0, 0.05) is 18.0 Å². The van der Waals surface area contributed by atoms with Crippen LogP contribution in [0.3, 0.4) is 0 Å². The van der Waals surface area contributed by atoms with E-state index in [9.17, 15) is 5.11 Å². The van der Waals surface area contributed by atoms with Crippen molar-refractivity contribution in [3.8, 4) is 17.2 Å². The Morgan fingerprint density at radius 2 is 2.10 bits per heavy atom. The number of phenols is 1. The van der Waals surface area contributed by atoms with Crippen LogP contribution in [0.1, 0.15) is 29.7 Å². The van der Waals surface area contributed by atoms with Crippen molar-refractivity contribution in [3.63, 3.8) is 0 Å². The number of rotatable bonds is 2. The predicted molar refractivity (Wildman–Crippen MR) is 81.0 cm³/mol. The largest absolute Gasteiger partial charge is 0.506 e. The number of nitrogens with two attached hydrogens (primary N) is 1. The summed E-state index contributed by atoms with van der Waals surface area (Å²) in [6.07, 6.45) is 0.459. The highest BCUT2D eigenvalue weighted by molar-refractivity contribution is 6.32. The van der Waals surface area contributed by atoms with E-state index in [0.717, 1.165) is 22.6 Å². The first-order valence-electron chi connectivity index (χ1n) is 6.67. The molecule has 0 aromatic heterocycles. The van der Waals surface area contributed by atoms with Gasteiger partial charge in [-0.25, -0.2) is 0 Å². The van der Waals surface area contributed by atoms with Crippen molar-refractivity contribution >= 4 is 11.6 Å². The lowest BCUT2D eigenvalue weighted by molar-refractivity contribution is 0.161. The zero-order chi connectivity index (χ0) is 15.0. The van der Waals surface area contributed by atoms with Crippen LogP contribution in [-0.2, 0) is 0 Å². The molecule has 110 valence electrons. The Balaban J connectivity index is 1.92. The van der Waals surface area contributed by atoms with Crippen LogP contribution in [0.15, 0.2) is 36.4 Å². The number of hydrogen-bond donors (Lipinski definition) is 2. The zero-order valence-corrected chi connectivity index (χ0v) is 12.3. The van der Waals surface area contributed by atoms with Crippen LogP contribution in [0.5, 0.6) is 17.2 Å². The normalized spacial score (nSPS) is 20.5. The van der Waals surface area contributed by atoms with Crippen molar-refractivity contribution in [1.29, 1.82) is 0 Å². The van der Waals surface area contributed by atoms with Gasteiger partial charge in [-0.3, -0.25) is 0 Å². The molecule has 2 aromatic rings. The minimum absolute atomic E-state index is 0.0608. The first-order valence-corrected chi connectivity index (χ1v) is 7.05. The first kappa shape index (κ1) is 14.0. The third kappa shape index (κ3) is 2.64. The van der Waals surface area contributed by atoms with Crippen LogP contribution in [0.4, 0.5) is 0 Å². The minimum atomic E-state index is -0.181. The van der Waals surface area contributed by atoms with E-state index in [1.54, 1.807) is 25.3 Å². The van der Waals surface area contributed by atoms with Crippen LogP contribution in [-0.4, -0.2) is 12.2 Å². The monoisotopic (exact) mass is 305 g/mol. The maximum Gasteiger partial charge on any atom is 0.134 e. The minimum Gasteiger partial charge on any atom is -0.506 e. The second-order valence-electron chi connectivity index (χ2n) is 5.06. The zero-order valence-electron chi connectivity index (χ0n) is 11.5. The molecular formula is C16H16ClNO3. The average molecular weight is 306 g/mol. The fraction of sp³-hybridized carbons (Fsp3) is 0.250. The smallest absolute Gasteiger partial charge is 0.134 e. The first-order chi connectivity index (χ1) is 10.1. The van der Waals surface area contributed by atoms with E-state index < -0.39 is 0 Å². The van der Waals surface area contributed by atoms with Crippen molar-refractivity contribution in [1.82, 2.24) is 0 Å². The summed E-state index contributed by atoms with van der Waals surface area (Å²) in [5.41, 5.74) is 8.09. The van der Waals surface area contributed by atoms with E-state index in [1.165, 1.54) is 0 Å². The Hall–Kier alpha value is -1.91. The van der Waals surface area contributed by atoms with E-state index in [1.807, 2.05) is 18.2 Å². The van der Waals surface area contributed by atoms with Crippen LogP contribution in [0, 0.1) is 0 Å². The summed E-state index contributed by atoms with van der Waals surface area (Å²) < 4.78 is 11.2. The lowest BCUT2D eigenvalue weighted by Crippen LogP contribution is -2.24. The lowest BCUT2D eigenvalue weighted by Gasteiger charge is -2.31. The van der Waals surface area contributed by atoms with Gasteiger partial charge < -0.3 is 20.3 Å². The summed E-state index contributed by atoms with van der Waals surface area (Å²) in [4.78, 5) is 0. The fourth-order valence-electron chi connectivity index (χ4n) is 2.54. The highest BCUT2D eigenvalue weighted by Crippen LogP contribution is 2.42. The summed E-state index contributed by atoms with van der Waals surface area (Å²) in [7, 11) is 1.62. The molecule has 1 heterocycles. The van der Waals surface area contributed by atoms with E-state index in [0.29, 0.717) is 11.4 Å². The molecule has 0 spiro atoms. The molecule has 1 aliphatic heterocycles. The van der Waals surface area contributed by atoms with Crippen molar-refractivity contribution in [2.75, 3.05) is 7.11 Å². The molecule has 3 rings (SSSR count). The number of phenolic OH excluding ortho intramolecular Hbond substituents is 1. The fourth-order valence-corrected chi connectivity index (χ4v) is 2.73. The SMILES string of the molecule is COc1ccc2c(c1)C(N)CC(c1ccc(O)c(Cl)c1)O2. The topological polar surface area (TPSA) is 64.7 Å². The van der Waals surface area contributed by atoms with Crippen LogP contribution in [0.25, 0.3) is 0 Å². The molecule has 3 N–H and O–H groups in total. The summed E-state index contributed by atoms with van der Waals surface area (Å²) >= 11 is 5.96. The number of halogens is 1. The predicted octanol–water partition coefficient (Wildman–Crippen LogP) is 3.58. The number of ether oxygens (including phenoxy) is 2. The van der Waals surface area contributed by atoms with Gasteiger partial charge in [0.25, 0.3) is 0 Å². The number of methoxy groups -OCH3 is 1. The summed E-state index contributed by atoms with van der Waals surface area (Å²) in [5, 5.41) is 9.81. The molecule has 0 fully saturated rings. The van der Waals surface area contributed by atoms with Crippen molar-refractivity contribution < 1.29 is 14.6 Å². The molecule has 21 heavy (non-hydrogen) atoms. The molecule has 1 aliphatic rings. The molecule has 0 bridgehead atoms. The van der Waals surface area contributed by atoms with Gasteiger partial charge in [-0.05, 0) is 35.9 Å². The molecular weight excluding hydrogens is 290 g/mol. The maximum absolute atomic E-state index is 9.50. The molecule has 0 aliphatic carbocycles. The maximum atomic E-state index is 9.50. The second-order valence-corrected chi connectivity index (χ2v) is 5.47. The Kier molecular flexibility index (Phi) is 3.66. The quantitative estimate of drug-likeness (QED) is 0.890. The Bertz CT molecular complexity index is 675. The molecule has 0 saturated carbocycles. The molecule has 0 radical (unpaired) electrons. The molecule has 0 saturated heterocycles. The van der Waals surface area contributed by atoms with Gasteiger partial charge in [-0.1, -0.05) is 17.7 Å². The Morgan fingerprint density at radius 1 is 1.29 bits per heavy atom. The average Bonchev–Trinajstić information content (AvgIpc) is 2.49. The number of fused-ring (bicyclic) bond motifs is 1. The van der Waals surface area contributed by atoms with Crippen molar-refractivity contribution in [2.24, 2.45) is 5.73 Å². The van der Waals surface area contributed by atoms with Gasteiger partial charge in [0.05, 0.1) is 12.1 Å². The third-order valence-electron chi connectivity index (χ3n) is 3.70. The van der Waals surface area contributed by atoms with Gasteiger partial charge in [-0.15, -0.1) is 0 Å². The summed E-state index contributed by atoms with van der Waals surface area (Å²) in [6.45, 7) is 0. The van der Waals surface area contributed by atoms with Gasteiger partial charge in [0.1, 0.15) is 23.4 Å². The molecule has 0 amide bonds. The number of benzene rings is 2. The summed E-state index contributed by atoms with van der Waals surface area (Å²) in [5.74, 6) is 1.58. The van der Waals surface area contributed by atoms with E-state index in [2.05, 4.69) is 0 Å². The molecule has 5 heteroatoms. The van der Waals surface area contributed by atoms with Gasteiger partial charge in [0.15, 0.2) is 0 Å². The van der Waals surface area contributed by atoms with Crippen LogP contribution in [0.2, 0.25) is 5.02 Å². The number of aromatic hydroxyl groups is 1. The van der Waals surface area contributed by atoms with Gasteiger partial charge in [-0.2, -0.15) is 0 Å². The second kappa shape index (κ2) is 5.47. The van der Waals surface area contributed by atoms with E-state index in [4.69, 9.17) is 26.8 Å². The third-order valence-corrected chi connectivity index (χ3v) is 4.00. The lowest BCUT2D eigenvalue weighted by atomic mass is 9.93. The molecule has 2 aromatic carbocycles. The Morgan fingerprint density at radius 3 is 2.81 bits per heavy atom.